The van der Waals surface area contributed by atoms with Crippen LogP contribution in [0.1, 0.15) is 37.0 Å². The molecule has 0 aliphatic heterocycles. The molecule has 31 heavy (non-hydrogen) atoms. The second-order valence-electron chi connectivity index (χ2n) is 7.49. The zero-order chi connectivity index (χ0) is 21.8. The van der Waals surface area contributed by atoms with Crippen LogP contribution in [0.2, 0.25) is 5.15 Å². The number of carbonyl (C=O) groups excluding carboxylic acids is 1. The molecule has 0 saturated heterocycles. The number of halogens is 1. The molecular formula is C24H24ClN5O. The first-order valence-electron chi connectivity index (χ1n) is 10.4. The second-order valence-corrected chi connectivity index (χ2v) is 7.88. The van der Waals surface area contributed by atoms with E-state index in [1.165, 1.54) is 0 Å². The third kappa shape index (κ3) is 4.81. The summed E-state index contributed by atoms with van der Waals surface area (Å²) in [6, 6.07) is 15.6. The molecule has 0 aliphatic carbocycles. The van der Waals surface area contributed by atoms with Crippen molar-refractivity contribution in [1.82, 2.24) is 24.9 Å². The van der Waals surface area contributed by atoms with Crippen molar-refractivity contribution in [3.63, 3.8) is 0 Å². The van der Waals surface area contributed by atoms with Gasteiger partial charge in [0.15, 0.2) is 11.4 Å². The topological polar surface area (TPSA) is 72.2 Å². The first kappa shape index (κ1) is 21.2. The molecule has 1 N–H and O–H groups in total. The molecule has 0 amide bonds. The molecule has 0 saturated carbocycles. The van der Waals surface area contributed by atoms with Gasteiger partial charge in [-0.05, 0) is 38.1 Å². The molecule has 0 bridgehead atoms. The minimum atomic E-state index is 0.0460. The van der Waals surface area contributed by atoms with Gasteiger partial charge in [0.25, 0.3) is 0 Å². The number of nitrogens with zero attached hydrogens (tertiary/aromatic N) is 4. The Kier molecular flexibility index (Phi) is 6.39. The fourth-order valence-corrected chi connectivity index (χ4v) is 3.77. The summed E-state index contributed by atoms with van der Waals surface area (Å²) in [4.78, 5) is 22.0. The largest absolute Gasteiger partial charge is 0.315 e. The minimum Gasteiger partial charge on any atom is -0.315 e. The van der Waals surface area contributed by atoms with Crippen LogP contribution in [0.4, 0.5) is 0 Å². The van der Waals surface area contributed by atoms with Crippen LogP contribution in [-0.2, 0) is 0 Å². The fraction of sp³-hybridized carbons (Fsp3) is 0.250. The van der Waals surface area contributed by atoms with E-state index in [1.54, 1.807) is 22.8 Å². The van der Waals surface area contributed by atoms with Gasteiger partial charge in [-0.2, -0.15) is 5.10 Å². The molecule has 7 heteroatoms. The molecular weight excluding hydrogens is 410 g/mol. The number of ketones is 1. The van der Waals surface area contributed by atoms with E-state index in [0.717, 1.165) is 29.8 Å². The van der Waals surface area contributed by atoms with Crippen LogP contribution in [0.25, 0.3) is 28.2 Å². The maximum absolute atomic E-state index is 12.8. The summed E-state index contributed by atoms with van der Waals surface area (Å²) >= 11 is 6.28. The Morgan fingerprint density at radius 1 is 1.13 bits per heavy atom. The smallest absolute Gasteiger partial charge is 0.164 e. The molecule has 6 nitrogen and oxygen atoms in total. The van der Waals surface area contributed by atoms with E-state index in [9.17, 15) is 4.79 Å². The van der Waals surface area contributed by atoms with Crippen molar-refractivity contribution in [1.29, 1.82) is 0 Å². The molecule has 3 heterocycles. The summed E-state index contributed by atoms with van der Waals surface area (Å²) in [6.07, 6.45) is 4.78. The van der Waals surface area contributed by atoms with Crippen molar-refractivity contribution in [3.05, 3.63) is 71.6 Å². The number of aromatic nitrogens is 4. The molecule has 158 valence electrons. The predicted octanol–water partition coefficient (Wildman–Crippen LogP) is 5.07. The summed E-state index contributed by atoms with van der Waals surface area (Å²) < 4.78 is 1.70. The minimum absolute atomic E-state index is 0.0460. The lowest BCUT2D eigenvalue weighted by atomic mass is 10.0. The summed E-state index contributed by atoms with van der Waals surface area (Å²) in [5.41, 5.74) is 4.39. The van der Waals surface area contributed by atoms with Gasteiger partial charge >= 0.3 is 0 Å². The van der Waals surface area contributed by atoms with Crippen molar-refractivity contribution in [2.75, 3.05) is 6.54 Å². The van der Waals surface area contributed by atoms with Crippen LogP contribution < -0.4 is 5.32 Å². The molecule has 1 aromatic carbocycles. The number of pyridine rings is 1. The van der Waals surface area contributed by atoms with E-state index < -0.39 is 0 Å². The lowest BCUT2D eigenvalue weighted by molar-refractivity contribution is 0.0976. The maximum Gasteiger partial charge on any atom is 0.164 e. The van der Waals surface area contributed by atoms with Gasteiger partial charge in [-0.15, -0.1) is 0 Å². The lowest BCUT2D eigenvalue weighted by Gasteiger charge is -2.11. The highest BCUT2D eigenvalue weighted by Gasteiger charge is 2.16. The third-order valence-electron chi connectivity index (χ3n) is 5.19. The van der Waals surface area contributed by atoms with Crippen molar-refractivity contribution in [2.24, 2.45) is 0 Å². The van der Waals surface area contributed by atoms with Crippen molar-refractivity contribution < 1.29 is 4.79 Å². The zero-order valence-electron chi connectivity index (χ0n) is 17.5. The van der Waals surface area contributed by atoms with Gasteiger partial charge in [0.2, 0.25) is 0 Å². The number of hydrogen-bond donors (Lipinski definition) is 1. The Hall–Kier alpha value is -3.09. The van der Waals surface area contributed by atoms with E-state index in [2.05, 4.69) is 29.2 Å². The fourth-order valence-electron chi connectivity index (χ4n) is 3.56. The van der Waals surface area contributed by atoms with Crippen molar-refractivity contribution >= 4 is 23.0 Å². The zero-order valence-corrected chi connectivity index (χ0v) is 18.3. The van der Waals surface area contributed by atoms with Crippen molar-refractivity contribution in [2.45, 2.75) is 32.7 Å². The van der Waals surface area contributed by atoms with Crippen LogP contribution in [0.5, 0.6) is 0 Å². The first-order chi connectivity index (χ1) is 15.0. The first-order valence-corrected chi connectivity index (χ1v) is 10.8. The van der Waals surface area contributed by atoms with Crippen LogP contribution in [0, 0.1) is 0 Å². The Labute approximate surface area is 186 Å². The average molecular weight is 434 g/mol. The van der Waals surface area contributed by atoms with Crippen molar-refractivity contribution in [3.8, 4) is 22.5 Å². The molecule has 0 spiro atoms. The number of rotatable bonds is 8. The third-order valence-corrected chi connectivity index (χ3v) is 5.38. The SMILES string of the molecule is CCN[C@@H](C)CCC(=O)c1cc(Cl)nc(-c2cnn3ccc(-c4ccccc4)nc23)c1. The van der Waals surface area contributed by atoms with Gasteiger partial charge in [-0.1, -0.05) is 48.9 Å². The van der Waals surface area contributed by atoms with Gasteiger partial charge in [0, 0.05) is 29.8 Å². The lowest BCUT2D eigenvalue weighted by Crippen LogP contribution is -2.26. The summed E-state index contributed by atoms with van der Waals surface area (Å²) in [5.74, 6) is 0.0460. The second kappa shape index (κ2) is 9.37. The molecule has 4 aromatic rings. The van der Waals surface area contributed by atoms with Gasteiger partial charge in [0.05, 0.1) is 23.1 Å². The van der Waals surface area contributed by atoms with Gasteiger partial charge in [-0.3, -0.25) is 4.79 Å². The molecule has 4 rings (SSSR count). The summed E-state index contributed by atoms with van der Waals surface area (Å²) in [5, 5.41) is 8.00. The Balaban J connectivity index is 1.67. The molecule has 0 aliphatic rings. The normalized spacial score (nSPS) is 12.2. The highest BCUT2D eigenvalue weighted by atomic mass is 35.5. The van der Waals surface area contributed by atoms with Gasteiger partial charge < -0.3 is 5.32 Å². The van der Waals surface area contributed by atoms with Crippen LogP contribution >= 0.6 is 11.6 Å². The number of Topliss-reactive ketones (excluding diaryl/α,β-unsaturated/α-hetero) is 1. The number of nitrogens with one attached hydrogen (secondary N) is 1. The van der Waals surface area contributed by atoms with Crippen LogP contribution in [0.3, 0.4) is 0 Å². The average Bonchev–Trinajstić information content (AvgIpc) is 3.21. The summed E-state index contributed by atoms with van der Waals surface area (Å²) in [7, 11) is 0. The summed E-state index contributed by atoms with van der Waals surface area (Å²) in [6.45, 7) is 5.02. The standard InChI is InChI=1S/C24H24ClN5O/c1-3-26-16(2)9-10-22(31)18-13-21(28-23(25)14-18)19-15-27-30-12-11-20(29-24(19)30)17-7-5-4-6-8-17/h4-8,11-16,26H,3,9-10H2,1-2H3/t16-/m0/s1. The number of benzene rings is 1. The highest BCUT2D eigenvalue weighted by Crippen LogP contribution is 2.27. The molecule has 0 radical (unpaired) electrons. The van der Waals surface area contributed by atoms with E-state index in [0.29, 0.717) is 23.3 Å². The van der Waals surface area contributed by atoms with E-state index in [1.807, 2.05) is 42.6 Å². The van der Waals surface area contributed by atoms with E-state index in [4.69, 9.17) is 16.6 Å². The number of carbonyl (C=O) groups is 1. The highest BCUT2D eigenvalue weighted by molar-refractivity contribution is 6.30. The Morgan fingerprint density at radius 3 is 2.71 bits per heavy atom. The Bertz CT molecular complexity index is 1210. The van der Waals surface area contributed by atoms with Gasteiger partial charge in [-0.25, -0.2) is 14.5 Å². The quantitative estimate of drug-likeness (QED) is 0.310. The number of hydrogen-bond acceptors (Lipinski definition) is 5. The molecule has 0 fully saturated rings. The monoisotopic (exact) mass is 433 g/mol. The van der Waals surface area contributed by atoms with Crippen LogP contribution in [-0.4, -0.2) is 38.0 Å². The molecule has 0 unspecified atom stereocenters. The van der Waals surface area contributed by atoms with E-state index >= 15 is 0 Å². The van der Waals surface area contributed by atoms with E-state index in [-0.39, 0.29) is 17.0 Å². The molecule has 1 atom stereocenters. The van der Waals surface area contributed by atoms with Gasteiger partial charge in [0.1, 0.15) is 5.15 Å². The van der Waals surface area contributed by atoms with Crippen LogP contribution in [0.15, 0.2) is 60.9 Å². The molecule has 3 aromatic heterocycles. The number of fused-ring (bicyclic) bond motifs is 1. The Morgan fingerprint density at radius 2 is 1.94 bits per heavy atom. The maximum atomic E-state index is 12.8. The predicted molar refractivity (Wildman–Crippen MR) is 123 cm³/mol.